The number of benzene rings is 1. The highest BCUT2D eigenvalue weighted by atomic mass is 79.9. The van der Waals surface area contributed by atoms with E-state index in [4.69, 9.17) is 5.73 Å². The molecule has 128 valence electrons. The maximum Gasteiger partial charge on any atom is 0.226 e. The number of nitrogens with zero attached hydrogens (tertiary/aromatic N) is 1. The Bertz CT molecular complexity index is 546. The molecule has 2 N–H and O–H groups in total. The van der Waals surface area contributed by atoms with E-state index in [1.165, 1.54) is 5.56 Å². The van der Waals surface area contributed by atoms with Crippen molar-refractivity contribution in [2.75, 3.05) is 19.6 Å². The molecule has 3 nitrogen and oxygen atoms in total. The smallest absolute Gasteiger partial charge is 0.226 e. The number of amides is 1. The summed E-state index contributed by atoms with van der Waals surface area (Å²) < 4.78 is 1.07. The number of carbonyl (C=O) groups is 1. The fraction of sp³-hybridized carbons (Fsp3) is 0.632. The van der Waals surface area contributed by atoms with Crippen molar-refractivity contribution in [3.8, 4) is 0 Å². The third kappa shape index (κ3) is 5.05. The molecule has 1 heterocycles. The van der Waals surface area contributed by atoms with Gasteiger partial charge >= 0.3 is 0 Å². The van der Waals surface area contributed by atoms with Gasteiger partial charge in [0.25, 0.3) is 0 Å². The zero-order chi connectivity index (χ0) is 17.0. The van der Waals surface area contributed by atoms with Crippen molar-refractivity contribution in [3.63, 3.8) is 0 Å². The summed E-state index contributed by atoms with van der Waals surface area (Å²) in [5.41, 5.74) is 7.20. The van der Waals surface area contributed by atoms with Gasteiger partial charge in [0.05, 0.1) is 0 Å². The predicted octanol–water partition coefficient (Wildman–Crippen LogP) is 3.85. The van der Waals surface area contributed by atoms with Crippen LogP contribution in [-0.4, -0.2) is 30.4 Å². The van der Waals surface area contributed by atoms with Crippen molar-refractivity contribution in [3.05, 3.63) is 34.3 Å². The maximum absolute atomic E-state index is 13.0. The first-order chi connectivity index (χ1) is 10.8. The van der Waals surface area contributed by atoms with Crippen LogP contribution in [0.1, 0.15) is 39.2 Å². The van der Waals surface area contributed by atoms with Crippen LogP contribution >= 0.6 is 15.9 Å². The average Bonchev–Trinajstić information content (AvgIpc) is 2.89. The lowest BCUT2D eigenvalue weighted by atomic mass is 9.89. The van der Waals surface area contributed by atoms with Crippen LogP contribution < -0.4 is 5.73 Å². The van der Waals surface area contributed by atoms with Crippen LogP contribution in [0.2, 0.25) is 0 Å². The largest absolute Gasteiger partial charge is 0.342 e. The molecule has 2 atom stereocenters. The van der Waals surface area contributed by atoms with Crippen LogP contribution in [0, 0.1) is 17.3 Å². The van der Waals surface area contributed by atoms with Crippen molar-refractivity contribution in [1.29, 1.82) is 0 Å². The SMILES string of the molecule is CC(C)CC(Cc1cccc(Br)c1)C(=O)N1CCC(C)(CN)C1. The summed E-state index contributed by atoms with van der Waals surface area (Å²) in [5, 5.41) is 0. The monoisotopic (exact) mass is 380 g/mol. The van der Waals surface area contributed by atoms with Crippen molar-refractivity contribution in [2.24, 2.45) is 23.0 Å². The van der Waals surface area contributed by atoms with Crippen LogP contribution in [0.5, 0.6) is 0 Å². The highest BCUT2D eigenvalue weighted by Gasteiger charge is 2.37. The van der Waals surface area contributed by atoms with E-state index in [1.807, 2.05) is 17.0 Å². The lowest BCUT2D eigenvalue weighted by Crippen LogP contribution is -2.38. The Kier molecular flexibility index (Phi) is 6.26. The van der Waals surface area contributed by atoms with Gasteiger partial charge in [0.15, 0.2) is 0 Å². The fourth-order valence-corrected chi connectivity index (χ4v) is 3.87. The topological polar surface area (TPSA) is 46.3 Å². The number of hydrogen-bond donors (Lipinski definition) is 1. The predicted molar refractivity (Wildman–Crippen MR) is 99.1 cm³/mol. The summed E-state index contributed by atoms with van der Waals surface area (Å²) in [4.78, 5) is 15.1. The standard InChI is InChI=1S/C19H29BrN2O/c1-14(2)9-16(10-15-5-4-6-17(20)11-15)18(23)22-8-7-19(3,12-21)13-22/h4-6,11,14,16H,7-10,12-13,21H2,1-3H3. The molecule has 4 heteroatoms. The molecular formula is C19H29BrN2O. The van der Waals surface area contributed by atoms with Crippen LogP contribution in [-0.2, 0) is 11.2 Å². The molecule has 23 heavy (non-hydrogen) atoms. The molecule has 1 aliphatic heterocycles. The van der Waals surface area contributed by atoms with E-state index in [2.05, 4.69) is 48.8 Å². The van der Waals surface area contributed by atoms with Gasteiger partial charge in [0, 0.05) is 23.5 Å². The first-order valence-electron chi connectivity index (χ1n) is 8.56. The molecule has 1 aromatic rings. The Morgan fingerprint density at radius 3 is 2.74 bits per heavy atom. The second kappa shape index (κ2) is 7.80. The molecule has 0 saturated carbocycles. The summed E-state index contributed by atoms with van der Waals surface area (Å²) in [6.07, 6.45) is 2.76. The molecule has 0 aliphatic carbocycles. The minimum Gasteiger partial charge on any atom is -0.342 e. The Morgan fingerprint density at radius 2 is 2.17 bits per heavy atom. The summed E-state index contributed by atoms with van der Waals surface area (Å²) in [5.74, 6) is 0.875. The molecule has 0 bridgehead atoms. The second-order valence-electron chi connectivity index (χ2n) is 7.69. The molecule has 1 amide bonds. The lowest BCUT2D eigenvalue weighted by molar-refractivity contribution is -0.135. The van der Waals surface area contributed by atoms with Gasteiger partial charge in [-0.2, -0.15) is 0 Å². The Labute approximate surface area is 148 Å². The van der Waals surface area contributed by atoms with Crippen LogP contribution in [0.15, 0.2) is 28.7 Å². The van der Waals surface area contributed by atoms with Gasteiger partial charge in [-0.3, -0.25) is 4.79 Å². The van der Waals surface area contributed by atoms with Gasteiger partial charge in [-0.05, 0) is 54.8 Å². The third-order valence-electron chi connectivity index (χ3n) is 4.84. The number of hydrogen-bond acceptors (Lipinski definition) is 2. The first-order valence-corrected chi connectivity index (χ1v) is 9.35. The van der Waals surface area contributed by atoms with Gasteiger partial charge in [-0.1, -0.05) is 48.8 Å². The molecular weight excluding hydrogens is 352 g/mol. The molecule has 1 aliphatic rings. The number of rotatable bonds is 6. The molecule has 1 aromatic carbocycles. The summed E-state index contributed by atoms with van der Waals surface area (Å²) in [6.45, 7) is 8.86. The molecule has 2 unspecified atom stereocenters. The molecule has 0 aromatic heterocycles. The Balaban J connectivity index is 2.10. The van der Waals surface area contributed by atoms with E-state index in [0.717, 1.165) is 36.8 Å². The average molecular weight is 381 g/mol. The number of carbonyl (C=O) groups excluding carboxylic acids is 1. The number of halogens is 1. The van der Waals surface area contributed by atoms with Crippen LogP contribution in [0.25, 0.3) is 0 Å². The molecule has 0 spiro atoms. The molecule has 0 radical (unpaired) electrons. The van der Waals surface area contributed by atoms with Gasteiger partial charge in [0.1, 0.15) is 0 Å². The maximum atomic E-state index is 13.0. The fourth-order valence-electron chi connectivity index (χ4n) is 3.43. The van der Waals surface area contributed by atoms with E-state index in [1.54, 1.807) is 0 Å². The highest BCUT2D eigenvalue weighted by molar-refractivity contribution is 9.10. The highest BCUT2D eigenvalue weighted by Crippen LogP contribution is 2.31. The Hall–Kier alpha value is -0.870. The molecule has 1 fully saturated rings. The minimum absolute atomic E-state index is 0.0597. The first kappa shape index (κ1) is 18.5. The number of nitrogens with two attached hydrogens (primary N) is 1. The van der Waals surface area contributed by atoms with Crippen molar-refractivity contribution in [2.45, 2.75) is 40.0 Å². The van der Waals surface area contributed by atoms with E-state index >= 15 is 0 Å². The molecule has 1 saturated heterocycles. The normalized spacial score (nSPS) is 22.6. The zero-order valence-electron chi connectivity index (χ0n) is 14.5. The lowest BCUT2D eigenvalue weighted by Gasteiger charge is -2.27. The van der Waals surface area contributed by atoms with Crippen molar-refractivity contribution in [1.82, 2.24) is 4.90 Å². The van der Waals surface area contributed by atoms with Crippen LogP contribution in [0.4, 0.5) is 0 Å². The third-order valence-corrected chi connectivity index (χ3v) is 5.33. The number of likely N-dealkylation sites (tertiary alicyclic amines) is 1. The minimum atomic E-state index is 0.0597. The van der Waals surface area contributed by atoms with E-state index in [0.29, 0.717) is 18.4 Å². The van der Waals surface area contributed by atoms with Crippen molar-refractivity contribution >= 4 is 21.8 Å². The van der Waals surface area contributed by atoms with E-state index in [-0.39, 0.29) is 11.3 Å². The summed E-state index contributed by atoms with van der Waals surface area (Å²) in [7, 11) is 0. The van der Waals surface area contributed by atoms with Gasteiger partial charge in [-0.15, -0.1) is 0 Å². The Morgan fingerprint density at radius 1 is 1.43 bits per heavy atom. The second-order valence-corrected chi connectivity index (χ2v) is 8.60. The van der Waals surface area contributed by atoms with E-state index in [9.17, 15) is 4.79 Å². The molecule has 2 rings (SSSR count). The quantitative estimate of drug-likeness (QED) is 0.814. The van der Waals surface area contributed by atoms with Gasteiger partial charge in [0.2, 0.25) is 5.91 Å². The van der Waals surface area contributed by atoms with Gasteiger partial charge in [-0.25, -0.2) is 0 Å². The van der Waals surface area contributed by atoms with Gasteiger partial charge < -0.3 is 10.6 Å². The van der Waals surface area contributed by atoms with Crippen molar-refractivity contribution < 1.29 is 4.79 Å². The zero-order valence-corrected chi connectivity index (χ0v) is 16.1. The summed E-state index contributed by atoms with van der Waals surface area (Å²) in [6, 6.07) is 8.29. The summed E-state index contributed by atoms with van der Waals surface area (Å²) >= 11 is 3.52. The van der Waals surface area contributed by atoms with Crippen LogP contribution in [0.3, 0.4) is 0 Å². The van der Waals surface area contributed by atoms with E-state index < -0.39 is 0 Å².